The molecular weight excluding hydrogens is 342 g/mol. The Morgan fingerprint density at radius 1 is 1.30 bits per heavy atom. The fourth-order valence-electron chi connectivity index (χ4n) is 3.55. The second-order valence-corrected chi connectivity index (χ2v) is 7.75. The van der Waals surface area contributed by atoms with Crippen LogP contribution in [0.4, 0.5) is 5.69 Å². The number of benzene rings is 1. The highest BCUT2D eigenvalue weighted by Crippen LogP contribution is 2.29. The summed E-state index contributed by atoms with van der Waals surface area (Å²) in [6, 6.07) is 7.07. The number of carbonyl (C=O) groups excluding carboxylic acids is 2. The van der Waals surface area contributed by atoms with E-state index in [0.717, 1.165) is 12.8 Å². The Morgan fingerprint density at radius 2 is 2.04 bits per heavy atom. The van der Waals surface area contributed by atoms with E-state index in [1.54, 1.807) is 25.1 Å². The number of anilines is 1. The number of carbonyl (C=O) groups is 2. The predicted molar refractivity (Wildman–Crippen MR) is 108 cm³/mol. The molecule has 4 atom stereocenters. The van der Waals surface area contributed by atoms with Gasteiger partial charge >= 0.3 is 0 Å². The summed E-state index contributed by atoms with van der Waals surface area (Å²) in [7, 11) is 3.38. The molecule has 150 valence electrons. The largest absolute Gasteiger partial charge is 0.497 e. The van der Waals surface area contributed by atoms with Crippen LogP contribution in [-0.4, -0.2) is 49.5 Å². The Bertz CT molecular complexity index is 649. The zero-order valence-electron chi connectivity index (χ0n) is 17.1. The predicted octanol–water partition coefficient (Wildman–Crippen LogP) is 2.89. The maximum atomic E-state index is 12.6. The lowest BCUT2D eigenvalue weighted by atomic mass is 9.78. The first-order valence-corrected chi connectivity index (χ1v) is 9.76. The van der Waals surface area contributed by atoms with Crippen molar-refractivity contribution in [3.63, 3.8) is 0 Å². The van der Waals surface area contributed by atoms with E-state index in [2.05, 4.69) is 24.5 Å². The van der Waals surface area contributed by atoms with Gasteiger partial charge in [0.1, 0.15) is 5.75 Å². The molecule has 0 unspecified atom stereocenters. The lowest BCUT2D eigenvalue weighted by Gasteiger charge is -2.36. The van der Waals surface area contributed by atoms with E-state index in [4.69, 9.17) is 4.74 Å². The number of hydrogen-bond donors (Lipinski definition) is 2. The van der Waals surface area contributed by atoms with Gasteiger partial charge in [-0.1, -0.05) is 32.8 Å². The number of nitrogens with zero attached hydrogens (tertiary/aromatic N) is 1. The fourth-order valence-corrected chi connectivity index (χ4v) is 3.55. The lowest BCUT2D eigenvalue weighted by molar-refractivity contribution is -0.127. The minimum Gasteiger partial charge on any atom is -0.497 e. The number of methoxy groups -OCH3 is 1. The smallest absolute Gasteiger partial charge is 0.238 e. The number of ether oxygens (including phenoxy) is 1. The Labute approximate surface area is 162 Å². The van der Waals surface area contributed by atoms with Crippen molar-refractivity contribution in [3.05, 3.63) is 24.3 Å². The minimum absolute atomic E-state index is 0.0161. The Balaban J connectivity index is 1.85. The lowest BCUT2D eigenvalue weighted by Crippen LogP contribution is -2.51. The molecule has 0 radical (unpaired) electrons. The van der Waals surface area contributed by atoms with Crippen LogP contribution in [0, 0.1) is 11.8 Å². The highest BCUT2D eigenvalue weighted by Gasteiger charge is 2.30. The van der Waals surface area contributed by atoms with Gasteiger partial charge in [0.05, 0.1) is 19.7 Å². The van der Waals surface area contributed by atoms with Crippen molar-refractivity contribution >= 4 is 17.5 Å². The van der Waals surface area contributed by atoms with Crippen LogP contribution in [0.25, 0.3) is 0 Å². The molecule has 0 aliphatic heterocycles. The summed E-state index contributed by atoms with van der Waals surface area (Å²) in [5.41, 5.74) is 0.676. The van der Waals surface area contributed by atoms with E-state index in [-0.39, 0.29) is 30.4 Å². The summed E-state index contributed by atoms with van der Waals surface area (Å²) in [5, 5.41) is 6.03. The van der Waals surface area contributed by atoms with Crippen LogP contribution in [0.2, 0.25) is 0 Å². The molecule has 1 fully saturated rings. The third kappa shape index (κ3) is 5.96. The molecule has 2 amide bonds. The molecule has 0 saturated heterocycles. The van der Waals surface area contributed by atoms with Gasteiger partial charge in [0.15, 0.2) is 0 Å². The summed E-state index contributed by atoms with van der Waals surface area (Å²) in [6.07, 6.45) is 3.42. The van der Waals surface area contributed by atoms with Crippen molar-refractivity contribution < 1.29 is 14.3 Å². The number of hydrogen-bond acceptors (Lipinski definition) is 4. The molecule has 6 heteroatoms. The van der Waals surface area contributed by atoms with Gasteiger partial charge in [-0.05, 0) is 44.4 Å². The molecule has 0 heterocycles. The van der Waals surface area contributed by atoms with Gasteiger partial charge in [0.25, 0.3) is 0 Å². The monoisotopic (exact) mass is 375 g/mol. The van der Waals surface area contributed by atoms with Crippen LogP contribution in [0.15, 0.2) is 24.3 Å². The number of likely N-dealkylation sites (N-methyl/N-ethyl adjacent to an activating group) is 1. The molecular formula is C21H33N3O3. The van der Waals surface area contributed by atoms with E-state index < -0.39 is 0 Å². The Hall–Kier alpha value is -2.08. The van der Waals surface area contributed by atoms with Crippen molar-refractivity contribution in [1.29, 1.82) is 0 Å². The van der Waals surface area contributed by atoms with E-state index in [9.17, 15) is 9.59 Å². The third-order valence-corrected chi connectivity index (χ3v) is 5.82. The van der Waals surface area contributed by atoms with Crippen LogP contribution in [0.1, 0.15) is 40.0 Å². The molecule has 1 saturated carbocycles. The van der Waals surface area contributed by atoms with Gasteiger partial charge in [-0.15, -0.1) is 0 Å². The zero-order chi connectivity index (χ0) is 20.0. The van der Waals surface area contributed by atoms with Crippen molar-refractivity contribution in [2.24, 2.45) is 11.8 Å². The van der Waals surface area contributed by atoms with Gasteiger partial charge in [0, 0.05) is 17.8 Å². The van der Waals surface area contributed by atoms with Crippen LogP contribution in [0.5, 0.6) is 5.75 Å². The van der Waals surface area contributed by atoms with Crippen LogP contribution in [0.3, 0.4) is 0 Å². The van der Waals surface area contributed by atoms with Crippen molar-refractivity contribution in [2.45, 2.75) is 52.1 Å². The van der Waals surface area contributed by atoms with Crippen LogP contribution < -0.4 is 15.4 Å². The van der Waals surface area contributed by atoms with Crippen LogP contribution in [-0.2, 0) is 9.59 Å². The first-order valence-electron chi connectivity index (χ1n) is 9.76. The maximum Gasteiger partial charge on any atom is 0.238 e. The Kier molecular flexibility index (Phi) is 7.66. The summed E-state index contributed by atoms with van der Waals surface area (Å²) in [6.45, 7) is 6.44. The van der Waals surface area contributed by atoms with Crippen molar-refractivity contribution in [1.82, 2.24) is 10.2 Å². The Morgan fingerprint density at radius 3 is 2.74 bits per heavy atom. The van der Waals surface area contributed by atoms with Gasteiger partial charge in [-0.3, -0.25) is 14.5 Å². The fraction of sp³-hybridized carbons (Fsp3) is 0.619. The minimum atomic E-state index is -0.370. The molecule has 0 aromatic heterocycles. The zero-order valence-corrected chi connectivity index (χ0v) is 17.1. The summed E-state index contributed by atoms with van der Waals surface area (Å²) >= 11 is 0. The van der Waals surface area contributed by atoms with Gasteiger partial charge in [0.2, 0.25) is 11.8 Å². The standard InChI is InChI=1S/C21H33N3O3/c1-14-8-6-11-19(15(14)2)23-21(26)16(3)24(4)13-20(25)22-17-9-7-10-18(12-17)27-5/h7,9-10,12,14-16,19H,6,8,11,13H2,1-5H3,(H,22,25)(H,23,26)/t14-,15-,16-,19+/m1/s1. The van der Waals surface area contributed by atoms with Crippen molar-refractivity contribution in [3.8, 4) is 5.75 Å². The molecule has 2 N–H and O–H groups in total. The number of amides is 2. The molecule has 2 rings (SSSR count). The van der Waals surface area contributed by atoms with E-state index in [1.807, 2.05) is 25.1 Å². The summed E-state index contributed by atoms with van der Waals surface area (Å²) < 4.78 is 5.16. The van der Waals surface area contributed by atoms with Crippen molar-refractivity contribution in [2.75, 3.05) is 26.0 Å². The van der Waals surface area contributed by atoms with E-state index >= 15 is 0 Å². The first kappa shape index (κ1) is 21.2. The van der Waals surface area contributed by atoms with E-state index in [0.29, 0.717) is 23.3 Å². The topological polar surface area (TPSA) is 70.7 Å². The first-order chi connectivity index (χ1) is 12.8. The SMILES string of the molecule is COc1cccc(NC(=O)CN(C)[C@H](C)C(=O)N[C@H]2CCC[C@@H](C)[C@H]2C)c1. The van der Waals surface area contributed by atoms with Gasteiger partial charge in [-0.25, -0.2) is 0 Å². The van der Waals surface area contributed by atoms with Crippen LogP contribution >= 0.6 is 0 Å². The summed E-state index contributed by atoms with van der Waals surface area (Å²) in [4.78, 5) is 26.7. The molecule has 1 aromatic rings. The maximum absolute atomic E-state index is 12.6. The number of nitrogens with one attached hydrogen (secondary N) is 2. The second kappa shape index (κ2) is 9.74. The second-order valence-electron chi connectivity index (χ2n) is 7.75. The quantitative estimate of drug-likeness (QED) is 0.769. The normalized spacial score (nSPS) is 23.6. The highest BCUT2D eigenvalue weighted by atomic mass is 16.5. The molecule has 27 heavy (non-hydrogen) atoms. The molecule has 6 nitrogen and oxygen atoms in total. The van der Waals surface area contributed by atoms with Gasteiger partial charge < -0.3 is 15.4 Å². The van der Waals surface area contributed by atoms with Gasteiger partial charge in [-0.2, -0.15) is 0 Å². The molecule has 1 aliphatic rings. The molecule has 1 aliphatic carbocycles. The summed E-state index contributed by atoms with van der Waals surface area (Å²) in [5.74, 6) is 1.62. The van der Waals surface area contributed by atoms with E-state index in [1.165, 1.54) is 6.42 Å². The average Bonchev–Trinajstić information content (AvgIpc) is 2.64. The number of rotatable bonds is 7. The third-order valence-electron chi connectivity index (χ3n) is 5.82. The average molecular weight is 376 g/mol. The highest BCUT2D eigenvalue weighted by molar-refractivity contribution is 5.93. The molecule has 0 bridgehead atoms. The molecule has 1 aromatic carbocycles. The molecule has 0 spiro atoms.